The largest absolute Gasteiger partial charge is 0.489 e. The molecule has 2 amide bonds. The Labute approximate surface area is 136 Å². The smallest absolute Gasteiger partial charge is 0.408 e. The van der Waals surface area contributed by atoms with Gasteiger partial charge in [-0.25, -0.2) is 4.79 Å². The van der Waals surface area contributed by atoms with Gasteiger partial charge in [-0.2, -0.15) is 0 Å². The van der Waals surface area contributed by atoms with Gasteiger partial charge in [-0.3, -0.25) is 4.79 Å². The predicted octanol–water partition coefficient (Wildman–Crippen LogP) is 2.49. The molecule has 2 rings (SSSR count). The predicted molar refractivity (Wildman–Crippen MR) is 87.6 cm³/mol. The highest BCUT2D eigenvalue weighted by atomic mass is 16.6. The first-order chi connectivity index (χ1) is 10.8. The summed E-state index contributed by atoms with van der Waals surface area (Å²) in [6.07, 6.45) is 0.980. The number of alkyl carbamates (subject to hydrolysis) is 1. The Kier molecular flexibility index (Phi) is 4.93. The van der Waals surface area contributed by atoms with Gasteiger partial charge >= 0.3 is 6.09 Å². The Morgan fingerprint density at radius 1 is 1.48 bits per heavy atom. The van der Waals surface area contributed by atoms with Crippen LogP contribution in [-0.2, 0) is 9.53 Å². The summed E-state index contributed by atoms with van der Waals surface area (Å²) < 4.78 is 10.9. The number of anilines is 1. The molecule has 1 N–H and O–H groups in total. The first-order valence-corrected chi connectivity index (χ1v) is 7.45. The van der Waals surface area contributed by atoms with Gasteiger partial charge in [0.2, 0.25) is 0 Å². The number of nitrogens with zero attached hydrogens (tertiary/aromatic N) is 1. The number of amides is 2. The number of carbonyl (C=O) groups excluding carboxylic acids is 2. The first-order valence-electron chi connectivity index (χ1n) is 7.45. The van der Waals surface area contributed by atoms with Crippen LogP contribution < -0.4 is 15.0 Å². The van der Waals surface area contributed by atoms with Crippen molar-refractivity contribution in [2.24, 2.45) is 0 Å². The molecule has 124 valence electrons. The van der Waals surface area contributed by atoms with Gasteiger partial charge in [0, 0.05) is 6.54 Å². The molecule has 1 aromatic carbocycles. The average Bonchev–Trinajstić information content (AvgIpc) is 2.58. The molecular weight excluding hydrogens is 296 g/mol. The highest BCUT2D eigenvalue weighted by Gasteiger charge is 2.33. The quantitative estimate of drug-likeness (QED) is 0.870. The summed E-state index contributed by atoms with van der Waals surface area (Å²) in [7, 11) is 0. The lowest BCUT2D eigenvalue weighted by Gasteiger charge is -2.25. The molecule has 6 nitrogen and oxygen atoms in total. The zero-order valence-corrected chi connectivity index (χ0v) is 13.7. The summed E-state index contributed by atoms with van der Waals surface area (Å²) in [5, 5.41) is 2.58. The van der Waals surface area contributed by atoms with Crippen molar-refractivity contribution in [1.29, 1.82) is 0 Å². The SMILES string of the molecule is C=CCN1C(=O)[C@@H](NC(=O)OC(C)(C)C)COc2ccccc21. The molecule has 0 bridgehead atoms. The zero-order chi connectivity index (χ0) is 17.0. The summed E-state index contributed by atoms with van der Waals surface area (Å²) in [4.78, 5) is 26.2. The molecule has 0 fully saturated rings. The number of fused-ring (bicyclic) bond motifs is 1. The molecule has 1 aliphatic rings. The van der Waals surface area contributed by atoms with Crippen LogP contribution in [0.4, 0.5) is 10.5 Å². The van der Waals surface area contributed by atoms with E-state index < -0.39 is 17.7 Å². The third-order valence-corrected chi connectivity index (χ3v) is 3.13. The molecule has 0 spiro atoms. The Morgan fingerprint density at radius 3 is 2.83 bits per heavy atom. The van der Waals surface area contributed by atoms with Crippen molar-refractivity contribution < 1.29 is 19.1 Å². The lowest BCUT2D eigenvalue weighted by atomic mass is 10.2. The van der Waals surface area contributed by atoms with Crippen molar-refractivity contribution in [3.8, 4) is 5.75 Å². The van der Waals surface area contributed by atoms with Crippen molar-refractivity contribution in [2.45, 2.75) is 32.4 Å². The molecule has 0 aromatic heterocycles. The standard InChI is InChI=1S/C17H22N2O4/c1-5-10-19-13-8-6-7-9-14(13)22-11-12(15(19)20)18-16(21)23-17(2,3)4/h5-9,12H,1,10-11H2,2-4H3,(H,18,21)/t12-/m0/s1. The van der Waals surface area contributed by atoms with Gasteiger partial charge < -0.3 is 19.7 Å². The maximum atomic E-state index is 12.7. The number of ether oxygens (including phenoxy) is 2. The molecule has 23 heavy (non-hydrogen) atoms. The number of nitrogens with one attached hydrogen (secondary N) is 1. The fourth-order valence-electron chi connectivity index (χ4n) is 2.22. The van der Waals surface area contributed by atoms with Gasteiger partial charge in [-0.05, 0) is 32.9 Å². The van der Waals surface area contributed by atoms with E-state index in [1.165, 1.54) is 4.90 Å². The van der Waals surface area contributed by atoms with Crippen LogP contribution in [0.25, 0.3) is 0 Å². The number of hydrogen-bond acceptors (Lipinski definition) is 4. The van der Waals surface area contributed by atoms with Gasteiger partial charge in [0.25, 0.3) is 5.91 Å². The number of hydrogen-bond donors (Lipinski definition) is 1. The molecule has 1 atom stereocenters. The van der Waals surface area contributed by atoms with Crippen LogP contribution in [0.3, 0.4) is 0 Å². The van der Waals surface area contributed by atoms with Crippen LogP contribution in [0, 0.1) is 0 Å². The molecule has 1 aromatic rings. The number of rotatable bonds is 3. The zero-order valence-electron chi connectivity index (χ0n) is 13.7. The van der Waals surface area contributed by atoms with E-state index in [0.29, 0.717) is 18.0 Å². The lowest BCUT2D eigenvalue weighted by Crippen LogP contribution is -2.51. The maximum absolute atomic E-state index is 12.7. The summed E-state index contributed by atoms with van der Waals surface area (Å²) in [5.74, 6) is 0.330. The van der Waals surface area contributed by atoms with Gasteiger partial charge in [-0.15, -0.1) is 6.58 Å². The average molecular weight is 318 g/mol. The number of para-hydroxylation sites is 2. The molecule has 1 aliphatic heterocycles. The summed E-state index contributed by atoms with van der Waals surface area (Å²) in [6, 6.07) is 6.42. The van der Waals surface area contributed by atoms with E-state index in [9.17, 15) is 9.59 Å². The van der Waals surface area contributed by atoms with Crippen LogP contribution in [-0.4, -0.2) is 36.8 Å². The second kappa shape index (κ2) is 6.73. The second-order valence-electron chi connectivity index (χ2n) is 6.22. The van der Waals surface area contributed by atoms with Crippen molar-refractivity contribution in [3.05, 3.63) is 36.9 Å². The van der Waals surface area contributed by atoms with Gasteiger partial charge in [0.15, 0.2) is 0 Å². The van der Waals surface area contributed by atoms with E-state index in [2.05, 4.69) is 11.9 Å². The topological polar surface area (TPSA) is 67.9 Å². The first kappa shape index (κ1) is 16.9. The molecule has 1 heterocycles. The Hall–Kier alpha value is -2.50. The molecule has 0 unspecified atom stereocenters. The molecular formula is C17H22N2O4. The van der Waals surface area contributed by atoms with Crippen molar-refractivity contribution in [1.82, 2.24) is 5.32 Å². The van der Waals surface area contributed by atoms with E-state index in [1.807, 2.05) is 12.1 Å². The molecule has 6 heteroatoms. The van der Waals surface area contributed by atoms with Crippen molar-refractivity contribution >= 4 is 17.7 Å². The molecule has 0 aliphatic carbocycles. The summed E-state index contributed by atoms with van der Waals surface area (Å²) in [6.45, 7) is 9.34. The monoisotopic (exact) mass is 318 g/mol. The minimum Gasteiger partial charge on any atom is -0.489 e. The molecule has 0 saturated carbocycles. The van der Waals surface area contributed by atoms with Gasteiger partial charge in [0.05, 0.1) is 5.69 Å². The summed E-state index contributed by atoms with van der Waals surface area (Å²) in [5.41, 5.74) is 0.0218. The van der Waals surface area contributed by atoms with E-state index in [1.54, 1.807) is 39.0 Å². The molecule has 0 radical (unpaired) electrons. The minimum atomic E-state index is -0.822. The van der Waals surface area contributed by atoms with Gasteiger partial charge in [0.1, 0.15) is 24.0 Å². The fraction of sp³-hybridized carbons (Fsp3) is 0.412. The molecule has 0 saturated heterocycles. The normalized spacial score (nSPS) is 17.6. The summed E-state index contributed by atoms with van der Waals surface area (Å²) >= 11 is 0. The van der Waals surface area contributed by atoms with Gasteiger partial charge in [-0.1, -0.05) is 18.2 Å². The Balaban J connectivity index is 2.20. The lowest BCUT2D eigenvalue weighted by molar-refractivity contribution is -0.120. The van der Waals surface area contributed by atoms with E-state index in [-0.39, 0.29) is 12.5 Å². The maximum Gasteiger partial charge on any atom is 0.408 e. The van der Waals surface area contributed by atoms with Crippen LogP contribution >= 0.6 is 0 Å². The third kappa shape index (κ3) is 4.25. The Bertz CT molecular complexity index is 607. The highest BCUT2D eigenvalue weighted by molar-refractivity contribution is 6.00. The minimum absolute atomic E-state index is 0.0444. The Morgan fingerprint density at radius 2 is 2.17 bits per heavy atom. The van der Waals surface area contributed by atoms with Crippen molar-refractivity contribution in [2.75, 3.05) is 18.1 Å². The second-order valence-corrected chi connectivity index (χ2v) is 6.22. The fourth-order valence-corrected chi connectivity index (χ4v) is 2.22. The van der Waals surface area contributed by atoms with E-state index >= 15 is 0 Å². The van der Waals surface area contributed by atoms with Crippen LogP contribution in [0.1, 0.15) is 20.8 Å². The van der Waals surface area contributed by atoms with Crippen LogP contribution in [0.15, 0.2) is 36.9 Å². The van der Waals surface area contributed by atoms with Crippen LogP contribution in [0.2, 0.25) is 0 Å². The third-order valence-electron chi connectivity index (χ3n) is 3.13. The van der Waals surface area contributed by atoms with Crippen molar-refractivity contribution in [3.63, 3.8) is 0 Å². The number of benzene rings is 1. The van der Waals surface area contributed by atoms with E-state index in [4.69, 9.17) is 9.47 Å². The highest BCUT2D eigenvalue weighted by Crippen LogP contribution is 2.30. The van der Waals surface area contributed by atoms with Crippen LogP contribution in [0.5, 0.6) is 5.75 Å². The van der Waals surface area contributed by atoms with E-state index in [0.717, 1.165) is 0 Å². The number of carbonyl (C=O) groups is 2.